The molecular formula is C12H18N2O3. The van der Waals surface area contributed by atoms with Crippen LogP contribution in [0.4, 0.5) is 0 Å². The number of carboxylic acid groups (broad SMARTS) is 1. The first kappa shape index (κ1) is 13.6. The molecule has 1 aromatic heterocycles. The van der Waals surface area contributed by atoms with E-state index in [0.717, 1.165) is 5.69 Å². The van der Waals surface area contributed by atoms with Crippen molar-refractivity contribution in [3.8, 4) is 0 Å². The molecule has 1 heterocycles. The SMILES string of the molecule is CC(C)[C@@H](CO)NCc1ccc(C(=O)O)cn1. The minimum atomic E-state index is -0.979. The van der Waals surface area contributed by atoms with Crippen molar-refractivity contribution in [3.63, 3.8) is 0 Å². The predicted octanol–water partition coefficient (Wildman–Crippen LogP) is 0.886. The lowest BCUT2D eigenvalue weighted by atomic mass is 10.1. The lowest BCUT2D eigenvalue weighted by Crippen LogP contribution is -2.36. The van der Waals surface area contributed by atoms with Crippen molar-refractivity contribution < 1.29 is 15.0 Å². The summed E-state index contributed by atoms with van der Waals surface area (Å²) in [6.45, 7) is 4.64. The number of rotatable bonds is 6. The van der Waals surface area contributed by atoms with E-state index in [-0.39, 0.29) is 18.2 Å². The number of aliphatic hydroxyl groups excluding tert-OH is 1. The molecule has 0 aliphatic heterocycles. The van der Waals surface area contributed by atoms with E-state index in [9.17, 15) is 4.79 Å². The molecule has 0 amide bonds. The van der Waals surface area contributed by atoms with Gasteiger partial charge in [-0.1, -0.05) is 13.8 Å². The Morgan fingerprint density at radius 1 is 1.47 bits per heavy atom. The maximum Gasteiger partial charge on any atom is 0.337 e. The second kappa shape index (κ2) is 6.32. The van der Waals surface area contributed by atoms with Gasteiger partial charge in [-0.3, -0.25) is 4.98 Å². The first-order valence-corrected chi connectivity index (χ1v) is 5.57. The summed E-state index contributed by atoms with van der Waals surface area (Å²) in [6.07, 6.45) is 1.34. The van der Waals surface area contributed by atoms with Crippen LogP contribution >= 0.6 is 0 Å². The van der Waals surface area contributed by atoms with E-state index in [4.69, 9.17) is 10.2 Å². The highest BCUT2D eigenvalue weighted by molar-refractivity contribution is 5.87. The van der Waals surface area contributed by atoms with Gasteiger partial charge in [0.25, 0.3) is 0 Å². The number of aromatic nitrogens is 1. The van der Waals surface area contributed by atoms with Gasteiger partial charge >= 0.3 is 5.97 Å². The van der Waals surface area contributed by atoms with Gasteiger partial charge in [0, 0.05) is 18.8 Å². The van der Waals surface area contributed by atoms with Crippen molar-refractivity contribution in [2.24, 2.45) is 5.92 Å². The number of nitrogens with zero attached hydrogens (tertiary/aromatic N) is 1. The number of aliphatic hydroxyl groups is 1. The molecule has 0 fully saturated rings. The second-order valence-electron chi connectivity index (χ2n) is 4.26. The maximum atomic E-state index is 10.6. The van der Waals surface area contributed by atoms with Gasteiger partial charge in [0.2, 0.25) is 0 Å². The fraction of sp³-hybridized carbons (Fsp3) is 0.500. The summed E-state index contributed by atoms with van der Waals surface area (Å²) in [7, 11) is 0. The van der Waals surface area contributed by atoms with E-state index >= 15 is 0 Å². The molecule has 1 rings (SSSR count). The smallest absolute Gasteiger partial charge is 0.337 e. The molecule has 0 radical (unpaired) electrons. The van der Waals surface area contributed by atoms with Crippen LogP contribution in [-0.4, -0.2) is 33.8 Å². The molecule has 1 aromatic rings. The molecule has 5 heteroatoms. The van der Waals surface area contributed by atoms with Crippen molar-refractivity contribution in [2.75, 3.05) is 6.61 Å². The largest absolute Gasteiger partial charge is 0.478 e. The zero-order valence-corrected chi connectivity index (χ0v) is 10.1. The standard InChI is InChI=1S/C12H18N2O3/c1-8(2)11(7-15)14-6-10-4-3-9(5-13-10)12(16)17/h3-5,8,11,14-15H,6-7H2,1-2H3,(H,16,17)/t11-/m1/s1. The molecule has 0 aliphatic carbocycles. The van der Waals surface area contributed by atoms with Crippen molar-refractivity contribution in [1.82, 2.24) is 10.3 Å². The molecule has 0 aromatic carbocycles. The monoisotopic (exact) mass is 238 g/mol. The summed E-state index contributed by atoms with van der Waals surface area (Å²) >= 11 is 0. The lowest BCUT2D eigenvalue weighted by molar-refractivity contribution is 0.0696. The summed E-state index contributed by atoms with van der Waals surface area (Å²) in [4.78, 5) is 14.7. The van der Waals surface area contributed by atoms with Crippen molar-refractivity contribution in [1.29, 1.82) is 0 Å². The van der Waals surface area contributed by atoms with Gasteiger partial charge in [-0.15, -0.1) is 0 Å². The van der Waals surface area contributed by atoms with E-state index < -0.39 is 5.97 Å². The first-order chi connectivity index (χ1) is 8.04. The Morgan fingerprint density at radius 2 is 2.18 bits per heavy atom. The minimum Gasteiger partial charge on any atom is -0.478 e. The average Bonchev–Trinajstić information content (AvgIpc) is 2.30. The first-order valence-electron chi connectivity index (χ1n) is 5.57. The van der Waals surface area contributed by atoms with Crippen LogP contribution in [-0.2, 0) is 6.54 Å². The molecule has 3 N–H and O–H groups in total. The maximum absolute atomic E-state index is 10.6. The van der Waals surface area contributed by atoms with Gasteiger partial charge in [0.1, 0.15) is 0 Å². The van der Waals surface area contributed by atoms with Gasteiger partial charge in [0.05, 0.1) is 17.9 Å². The van der Waals surface area contributed by atoms with Gasteiger partial charge in [-0.05, 0) is 18.1 Å². The second-order valence-corrected chi connectivity index (χ2v) is 4.26. The van der Waals surface area contributed by atoms with Gasteiger partial charge in [-0.2, -0.15) is 0 Å². The molecule has 0 saturated carbocycles. The normalized spacial score (nSPS) is 12.7. The molecule has 5 nitrogen and oxygen atoms in total. The highest BCUT2D eigenvalue weighted by Gasteiger charge is 2.11. The molecule has 0 unspecified atom stereocenters. The lowest BCUT2D eigenvalue weighted by Gasteiger charge is -2.19. The molecule has 17 heavy (non-hydrogen) atoms. The average molecular weight is 238 g/mol. The zero-order chi connectivity index (χ0) is 12.8. The molecule has 1 atom stereocenters. The summed E-state index contributed by atoms with van der Waals surface area (Å²) in [5.41, 5.74) is 0.936. The van der Waals surface area contributed by atoms with Gasteiger partial charge in [-0.25, -0.2) is 4.79 Å². The number of carboxylic acids is 1. The zero-order valence-electron chi connectivity index (χ0n) is 10.1. The molecule has 94 valence electrons. The Bertz CT molecular complexity index is 363. The fourth-order valence-electron chi connectivity index (χ4n) is 1.40. The number of aromatic carboxylic acids is 1. The number of pyridine rings is 1. The quantitative estimate of drug-likeness (QED) is 0.685. The number of hydrogen-bond donors (Lipinski definition) is 3. The molecule has 0 saturated heterocycles. The summed E-state index contributed by atoms with van der Waals surface area (Å²) < 4.78 is 0. The van der Waals surface area contributed by atoms with Crippen LogP contribution in [0.15, 0.2) is 18.3 Å². The van der Waals surface area contributed by atoms with Crippen LogP contribution < -0.4 is 5.32 Å². The Kier molecular flexibility index (Phi) is 5.06. The highest BCUT2D eigenvalue weighted by Crippen LogP contribution is 2.04. The number of hydrogen-bond acceptors (Lipinski definition) is 4. The fourth-order valence-corrected chi connectivity index (χ4v) is 1.40. The van der Waals surface area contributed by atoms with Gasteiger partial charge in [0.15, 0.2) is 0 Å². The van der Waals surface area contributed by atoms with Gasteiger partial charge < -0.3 is 15.5 Å². The van der Waals surface area contributed by atoms with E-state index in [0.29, 0.717) is 12.5 Å². The van der Waals surface area contributed by atoms with E-state index in [1.165, 1.54) is 12.3 Å². The third-order valence-electron chi connectivity index (χ3n) is 2.62. The highest BCUT2D eigenvalue weighted by atomic mass is 16.4. The minimum absolute atomic E-state index is 0.0240. The summed E-state index contributed by atoms with van der Waals surface area (Å²) in [5, 5.41) is 21.0. The van der Waals surface area contributed by atoms with E-state index in [2.05, 4.69) is 10.3 Å². The van der Waals surface area contributed by atoms with Crippen molar-refractivity contribution in [3.05, 3.63) is 29.6 Å². The van der Waals surface area contributed by atoms with Crippen molar-refractivity contribution >= 4 is 5.97 Å². The topological polar surface area (TPSA) is 82.5 Å². The summed E-state index contributed by atoms with van der Waals surface area (Å²) in [6, 6.07) is 3.22. The van der Waals surface area contributed by atoms with Crippen LogP contribution in [0, 0.1) is 5.92 Å². The molecule has 0 spiro atoms. The molecular weight excluding hydrogens is 220 g/mol. The van der Waals surface area contributed by atoms with E-state index in [1.807, 2.05) is 13.8 Å². The van der Waals surface area contributed by atoms with Crippen LogP contribution in [0.5, 0.6) is 0 Å². The molecule has 0 aliphatic rings. The molecule has 0 bridgehead atoms. The number of nitrogens with one attached hydrogen (secondary N) is 1. The van der Waals surface area contributed by atoms with Crippen LogP contribution in [0.1, 0.15) is 29.9 Å². The Morgan fingerprint density at radius 3 is 2.59 bits per heavy atom. The van der Waals surface area contributed by atoms with E-state index in [1.54, 1.807) is 6.07 Å². The predicted molar refractivity (Wildman–Crippen MR) is 63.7 cm³/mol. The Hall–Kier alpha value is -1.46. The Balaban J connectivity index is 2.55. The third-order valence-corrected chi connectivity index (χ3v) is 2.62. The van der Waals surface area contributed by atoms with Crippen molar-refractivity contribution in [2.45, 2.75) is 26.4 Å². The third kappa shape index (κ3) is 4.13. The van der Waals surface area contributed by atoms with Crippen LogP contribution in [0.25, 0.3) is 0 Å². The van der Waals surface area contributed by atoms with Crippen LogP contribution in [0.3, 0.4) is 0 Å². The Labute approximate surface area is 101 Å². The number of carbonyl (C=O) groups is 1. The summed E-state index contributed by atoms with van der Waals surface area (Å²) in [5.74, 6) is -0.647. The van der Waals surface area contributed by atoms with Crippen LogP contribution in [0.2, 0.25) is 0 Å².